The molecule has 0 bridgehead atoms. The molecule has 1 amide bonds. The molecule has 3 aromatic heterocycles. The lowest BCUT2D eigenvalue weighted by atomic mass is 9.90. The summed E-state index contributed by atoms with van der Waals surface area (Å²) >= 11 is 0. The second kappa shape index (κ2) is 10.7. The van der Waals surface area contributed by atoms with E-state index >= 15 is 0 Å². The van der Waals surface area contributed by atoms with Gasteiger partial charge in [-0.2, -0.15) is 13.2 Å². The number of pyridine rings is 1. The molecular formula is C28H29F5N6O2. The number of fused-ring (bicyclic) bond motifs is 2. The summed E-state index contributed by atoms with van der Waals surface area (Å²) in [5.74, 6) is 0.159. The van der Waals surface area contributed by atoms with Crippen molar-refractivity contribution < 1.29 is 31.5 Å². The molecule has 41 heavy (non-hydrogen) atoms. The first-order valence-corrected chi connectivity index (χ1v) is 13.2. The number of benzene rings is 1. The van der Waals surface area contributed by atoms with Crippen LogP contribution in [0.2, 0.25) is 0 Å². The van der Waals surface area contributed by atoms with E-state index in [1.54, 1.807) is 20.8 Å². The number of hydrogen-bond donors (Lipinski definition) is 3. The van der Waals surface area contributed by atoms with Gasteiger partial charge in [0.25, 0.3) is 6.43 Å². The first kappa shape index (κ1) is 28.5. The molecule has 5 rings (SSSR count). The Labute approximate surface area is 232 Å². The van der Waals surface area contributed by atoms with Crippen LogP contribution in [0.3, 0.4) is 0 Å². The third kappa shape index (κ3) is 6.18. The maximum Gasteiger partial charge on any atom is 0.416 e. The monoisotopic (exact) mass is 576 g/mol. The van der Waals surface area contributed by atoms with Crippen LogP contribution in [-0.2, 0) is 10.9 Å². The summed E-state index contributed by atoms with van der Waals surface area (Å²) in [7, 11) is 0. The predicted octanol–water partition coefficient (Wildman–Crippen LogP) is 7.38. The number of carbonyl (C=O) groups is 1. The number of aromatic nitrogens is 4. The van der Waals surface area contributed by atoms with Gasteiger partial charge in [0.15, 0.2) is 0 Å². The standard InChI is InChI=1S/C28H29F5N6O2/c1-27(2,3)41-26(40)38-20-7-5-4-6-19(20)37-25-36-13-18-22(39-25)17(12-35-23(18)24(29)30)16-11-34-21-10-14(28(31,32)33)8-9-15(16)21/h8-13,19-20,24,34H,4-7H2,1-3H3,(H,38,40)(H,36,37,39)/t19-,20+/m1/s1. The second-order valence-corrected chi connectivity index (χ2v) is 11.1. The largest absolute Gasteiger partial charge is 0.444 e. The van der Waals surface area contributed by atoms with Crippen LogP contribution in [0.15, 0.2) is 36.8 Å². The quantitative estimate of drug-likeness (QED) is 0.214. The average molecular weight is 577 g/mol. The van der Waals surface area contributed by atoms with E-state index in [-0.39, 0.29) is 34.5 Å². The molecule has 1 aliphatic carbocycles. The molecule has 0 radical (unpaired) electrons. The smallest absolute Gasteiger partial charge is 0.416 e. The number of alkyl carbamates (subject to hydrolysis) is 1. The van der Waals surface area contributed by atoms with Crippen LogP contribution >= 0.6 is 0 Å². The number of amides is 1. The van der Waals surface area contributed by atoms with Crippen molar-refractivity contribution in [3.8, 4) is 11.1 Å². The van der Waals surface area contributed by atoms with Crippen LogP contribution < -0.4 is 10.6 Å². The average Bonchev–Trinajstić information content (AvgIpc) is 3.30. The summed E-state index contributed by atoms with van der Waals surface area (Å²) in [6.45, 7) is 5.32. The summed E-state index contributed by atoms with van der Waals surface area (Å²) in [6.07, 6.45) is -0.741. The Hall–Kier alpha value is -4.03. The van der Waals surface area contributed by atoms with Gasteiger partial charge in [0, 0.05) is 52.0 Å². The fourth-order valence-corrected chi connectivity index (χ4v) is 5.11. The van der Waals surface area contributed by atoms with E-state index in [2.05, 4.69) is 30.6 Å². The normalized spacial score (nSPS) is 18.2. The number of hydrogen-bond acceptors (Lipinski definition) is 6. The number of ether oxygens (including phenoxy) is 1. The number of nitrogens with one attached hydrogen (secondary N) is 3. The molecule has 1 fully saturated rings. The molecule has 218 valence electrons. The third-order valence-electron chi connectivity index (χ3n) is 6.94. The number of H-pyrrole nitrogens is 1. The molecule has 0 spiro atoms. The fraction of sp³-hybridized carbons (Fsp3) is 0.429. The maximum absolute atomic E-state index is 13.8. The molecule has 2 atom stereocenters. The first-order chi connectivity index (χ1) is 19.3. The zero-order valence-corrected chi connectivity index (χ0v) is 22.6. The molecule has 1 aromatic carbocycles. The Balaban J connectivity index is 1.52. The van der Waals surface area contributed by atoms with Gasteiger partial charge < -0.3 is 20.4 Å². The van der Waals surface area contributed by atoms with Gasteiger partial charge in [-0.15, -0.1) is 0 Å². The maximum atomic E-state index is 13.8. The molecule has 1 saturated carbocycles. The molecule has 3 N–H and O–H groups in total. The minimum Gasteiger partial charge on any atom is -0.444 e. The van der Waals surface area contributed by atoms with E-state index < -0.39 is 35.6 Å². The SMILES string of the molecule is CC(C)(C)OC(=O)N[C@H]1CCCC[C@H]1Nc1ncc2c(C(F)F)ncc(-c3c[nH]c4cc(C(F)(F)F)ccc34)c2n1. The van der Waals surface area contributed by atoms with Gasteiger partial charge in [0.1, 0.15) is 11.3 Å². The molecular weight excluding hydrogens is 547 g/mol. The van der Waals surface area contributed by atoms with Crippen molar-refractivity contribution in [2.75, 3.05) is 5.32 Å². The molecule has 4 aromatic rings. The minimum absolute atomic E-state index is 0.0244. The zero-order valence-electron chi connectivity index (χ0n) is 22.6. The van der Waals surface area contributed by atoms with Crippen LogP contribution in [0.25, 0.3) is 32.9 Å². The lowest BCUT2D eigenvalue weighted by molar-refractivity contribution is -0.137. The summed E-state index contributed by atoms with van der Waals surface area (Å²) in [4.78, 5) is 28.0. The van der Waals surface area contributed by atoms with Crippen LogP contribution in [0.1, 0.15) is 64.1 Å². The fourth-order valence-electron chi connectivity index (χ4n) is 5.11. The number of carbonyl (C=O) groups excluding carboxylic acids is 1. The number of anilines is 1. The van der Waals surface area contributed by atoms with Crippen molar-refractivity contribution in [3.05, 3.63) is 48.0 Å². The van der Waals surface area contributed by atoms with Crippen LogP contribution in [0, 0.1) is 0 Å². The highest BCUT2D eigenvalue weighted by Gasteiger charge is 2.32. The lowest BCUT2D eigenvalue weighted by Gasteiger charge is -2.33. The molecule has 0 unspecified atom stereocenters. The van der Waals surface area contributed by atoms with Gasteiger partial charge in [0.2, 0.25) is 5.95 Å². The van der Waals surface area contributed by atoms with Crippen LogP contribution in [0.5, 0.6) is 0 Å². The Bertz CT molecular complexity index is 1580. The highest BCUT2D eigenvalue weighted by atomic mass is 19.4. The second-order valence-electron chi connectivity index (χ2n) is 11.1. The molecule has 0 aliphatic heterocycles. The van der Waals surface area contributed by atoms with E-state index in [1.807, 2.05) is 0 Å². The van der Waals surface area contributed by atoms with Crippen molar-refractivity contribution in [1.82, 2.24) is 25.3 Å². The number of aromatic amines is 1. The van der Waals surface area contributed by atoms with Crippen molar-refractivity contribution in [2.24, 2.45) is 0 Å². The van der Waals surface area contributed by atoms with Crippen molar-refractivity contribution in [2.45, 2.75) is 76.7 Å². The van der Waals surface area contributed by atoms with Crippen molar-refractivity contribution >= 4 is 33.8 Å². The Kier molecular flexibility index (Phi) is 7.47. The summed E-state index contributed by atoms with van der Waals surface area (Å²) in [5, 5.41) is 6.62. The number of alkyl halides is 5. The number of rotatable bonds is 5. The van der Waals surface area contributed by atoms with Crippen LogP contribution in [-0.4, -0.2) is 43.7 Å². The topological polar surface area (TPSA) is 105 Å². The van der Waals surface area contributed by atoms with Gasteiger partial charge in [-0.3, -0.25) is 4.98 Å². The molecule has 8 nitrogen and oxygen atoms in total. The molecule has 13 heteroatoms. The van der Waals surface area contributed by atoms with Gasteiger partial charge in [-0.25, -0.2) is 23.5 Å². The van der Waals surface area contributed by atoms with E-state index in [1.165, 1.54) is 24.7 Å². The van der Waals surface area contributed by atoms with Gasteiger partial charge >= 0.3 is 12.3 Å². The highest BCUT2D eigenvalue weighted by molar-refractivity contribution is 6.04. The predicted molar refractivity (Wildman–Crippen MR) is 144 cm³/mol. The third-order valence-corrected chi connectivity index (χ3v) is 6.94. The summed E-state index contributed by atoms with van der Waals surface area (Å²) in [5.41, 5.74) is -0.770. The van der Waals surface area contributed by atoms with Gasteiger partial charge in [-0.05, 0) is 45.7 Å². The molecule has 0 saturated heterocycles. The highest BCUT2D eigenvalue weighted by Crippen LogP contribution is 2.38. The van der Waals surface area contributed by atoms with Crippen LogP contribution in [0.4, 0.5) is 32.7 Å². The van der Waals surface area contributed by atoms with E-state index in [0.29, 0.717) is 29.4 Å². The molecule has 3 heterocycles. The zero-order chi connectivity index (χ0) is 29.5. The Morgan fingerprint density at radius 1 is 1.02 bits per heavy atom. The van der Waals surface area contributed by atoms with Gasteiger partial charge in [-0.1, -0.05) is 18.9 Å². The van der Waals surface area contributed by atoms with E-state index in [9.17, 15) is 26.7 Å². The lowest BCUT2D eigenvalue weighted by Crippen LogP contribution is -2.50. The molecule has 1 aliphatic rings. The first-order valence-electron chi connectivity index (χ1n) is 13.2. The Morgan fingerprint density at radius 3 is 2.44 bits per heavy atom. The summed E-state index contributed by atoms with van der Waals surface area (Å²) in [6, 6.07) is 2.76. The number of halogens is 5. The van der Waals surface area contributed by atoms with E-state index in [0.717, 1.165) is 25.0 Å². The Morgan fingerprint density at radius 2 is 1.76 bits per heavy atom. The minimum atomic E-state index is -4.52. The van der Waals surface area contributed by atoms with E-state index in [4.69, 9.17) is 4.74 Å². The summed E-state index contributed by atoms with van der Waals surface area (Å²) < 4.78 is 72.8. The van der Waals surface area contributed by atoms with Gasteiger partial charge in [0.05, 0.1) is 17.1 Å². The van der Waals surface area contributed by atoms with Crippen molar-refractivity contribution in [1.29, 1.82) is 0 Å². The number of nitrogens with zero attached hydrogens (tertiary/aromatic N) is 3. The van der Waals surface area contributed by atoms with Crippen molar-refractivity contribution in [3.63, 3.8) is 0 Å².